The Labute approximate surface area is 864 Å². The number of carbonyl (C=O) groups is 6. The van der Waals surface area contributed by atoms with Crippen molar-refractivity contribution in [1.82, 2.24) is 25.5 Å². The molecule has 27 unspecified atom stereocenters. The molecule has 27 atom stereocenters. The number of ether oxygens (including phenoxy) is 8. The van der Waals surface area contributed by atoms with Gasteiger partial charge in [0.25, 0.3) is 0 Å². The van der Waals surface area contributed by atoms with Crippen molar-refractivity contribution in [3.8, 4) is 17.2 Å². The number of imidazole rings is 1. The molecule has 3 aromatic carbocycles. The Kier molecular flexibility index (Phi) is 81.2. The predicted molar refractivity (Wildman–Crippen MR) is 536 cm³/mol. The van der Waals surface area contributed by atoms with Crippen LogP contribution in [0.4, 0.5) is 9.59 Å². The monoisotopic (exact) mass is 2710 g/mol. The third kappa shape index (κ3) is 52.4. The number of aldehydes is 4. The normalized spacial score (nSPS) is 23.9. The van der Waals surface area contributed by atoms with Crippen LogP contribution in [0.25, 0.3) is 0 Å². The smallest absolute Gasteiger partial charge is 0.424 e. The molecule has 51 heteroatoms. The van der Waals surface area contributed by atoms with Crippen LogP contribution in [0.5, 0.6) is 17.2 Å². The summed E-state index contributed by atoms with van der Waals surface area (Å²) in [5, 5.41) is 226. The molecule has 0 bridgehead atoms. The van der Waals surface area contributed by atoms with Gasteiger partial charge in [0.1, 0.15) is 110 Å². The average Bonchev–Trinajstić information content (AvgIpc) is 0.966. The van der Waals surface area contributed by atoms with Gasteiger partial charge in [-0.05, 0) is 109 Å². The van der Waals surface area contributed by atoms with Gasteiger partial charge in [0.15, 0.2) is 0 Å². The number of nitrogens with one attached hydrogen (secondary N) is 3. The van der Waals surface area contributed by atoms with Crippen LogP contribution in [0.3, 0.4) is 0 Å². The van der Waals surface area contributed by atoms with E-state index in [-0.39, 0.29) is 126 Å². The molecular weight excluding hydrogens is 2570 g/mol. The number of aromatic hydroxyl groups is 1. The maximum Gasteiger partial charge on any atom is 0.424 e. The zero-order valence-electron chi connectivity index (χ0n) is 75.6. The summed E-state index contributed by atoms with van der Waals surface area (Å²) in [6.07, 6.45) is -17.3. The van der Waals surface area contributed by atoms with E-state index in [9.17, 15) is 126 Å². The fraction of sp³-hybridized carbons (Fsp3) is 0.675. The van der Waals surface area contributed by atoms with Crippen LogP contribution in [0, 0.1) is 47.3 Å². The first-order valence-corrected chi connectivity index (χ1v) is 62.2. The zero-order chi connectivity index (χ0) is 102. The number of alkyl halides is 1. The third-order valence-electron chi connectivity index (χ3n) is 20.4. The van der Waals surface area contributed by atoms with Crippen molar-refractivity contribution in [2.45, 2.75) is 188 Å². The van der Waals surface area contributed by atoms with Crippen molar-refractivity contribution in [2.75, 3.05) is 117 Å². The van der Waals surface area contributed by atoms with Gasteiger partial charge in [-0.1, -0.05) is 63.6 Å². The van der Waals surface area contributed by atoms with Gasteiger partial charge in [-0.25, -0.2) is 19.1 Å². The molecule has 134 heavy (non-hydrogen) atoms. The third-order valence-corrected chi connectivity index (χ3v) is 20.4. The molecule has 3 aliphatic rings. The molecule has 0 spiro atoms. The Morgan fingerprint density at radius 1 is 0.537 bits per heavy atom. The van der Waals surface area contributed by atoms with Crippen LogP contribution in [0.15, 0.2) is 91.5 Å². The maximum absolute atomic E-state index is 12.0. The molecule has 1 aromatic heterocycles. The van der Waals surface area contributed by atoms with E-state index in [0.29, 0.717) is 66.2 Å². The van der Waals surface area contributed by atoms with Crippen LogP contribution in [-0.2, 0) is 33.2 Å². The first-order valence-electron chi connectivity index (χ1n) is 42.5. The molecule has 3 fully saturated rings. The number of nitrogens with two attached hydrogens (primary N) is 3. The Bertz CT molecular complexity index is 3590. The van der Waals surface area contributed by atoms with Crippen LogP contribution in [0.2, 0.25) is 0 Å². The Morgan fingerprint density at radius 3 is 1.19 bits per heavy atom. The molecule has 3 aliphatic heterocycles. The van der Waals surface area contributed by atoms with E-state index in [1.807, 2.05) is 57.2 Å². The molecule has 44 nitrogen and oxygen atoms in total. The van der Waals surface area contributed by atoms with Crippen LogP contribution in [0.1, 0.15) is 92.7 Å². The molecule has 1 amide bonds. The summed E-state index contributed by atoms with van der Waals surface area (Å²) in [5.41, 5.74) is 16.1. The van der Waals surface area contributed by atoms with Gasteiger partial charge >= 0.3 is 62.7 Å². The molecule has 7 rings (SSSR count). The minimum absolute atomic E-state index is 0. The Balaban J connectivity index is -0.00000165. The number of hydrogen-bond donors (Lipinski definition) is 28. The first-order chi connectivity index (χ1) is 63.9. The van der Waals surface area contributed by atoms with E-state index < -0.39 is 216 Å². The molecule has 4 aromatic rings. The Hall–Kier alpha value is -2.08. The summed E-state index contributed by atoms with van der Waals surface area (Å²) in [6, 6.07) is 18.2. The van der Waals surface area contributed by atoms with Crippen molar-refractivity contribution in [3.63, 3.8) is 0 Å². The molecule has 4 heterocycles. The van der Waals surface area contributed by atoms with Crippen molar-refractivity contribution in [1.29, 1.82) is 0 Å². The van der Waals surface area contributed by atoms with Gasteiger partial charge in [0.2, 0.25) is 0 Å². The van der Waals surface area contributed by atoms with Crippen molar-refractivity contribution in [3.05, 3.63) is 108 Å². The zero-order valence-corrected chi connectivity index (χ0v) is 89.9. The number of aliphatic hydroxyl groups excluding tert-OH is 21. The molecule has 0 saturated carbocycles. The molecular formula is C83H140I7N8O36-. The van der Waals surface area contributed by atoms with Gasteiger partial charge in [-0.15, -0.1) is 24.0 Å². The van der Waals surface area contributed by atoms with Crippen LogP contribution >= 0.6 is 121 Å². The SMILES string of the molecule is CC(C)CC1C(O)C(CO)OC(COCC(C(O)C=O)C(O)C(O)CO)C1O.CC(C)CC1C(O)C(CO)OC(COCC(C(O)CNCNC(=O)Oc2ccc(C=O)cc2)C(O)C(O)CO)C1O.CCCC1C(O)C(CO)OC(COCC(C(O)CNCN)C(O)C(O)CO)C1O.I.II.I[I-]I.NCN.O=Cc1ccc(O)cc1.O=Cc1ccc(OC(=O)n2ccnc2)cc1.[2H]CI. The number of benzene rings is 3. The number of rotatable bonds is 46. The summed E-state index contributed by atoms with van der Waals surface area (Å²) in [6.45, 7) is 4.92. The van der Waals surface area contributed by atoms with E-state index in [1.54, 1.807) is 36.4 Å². The molecule has 31 N–H and O–H groups in total. The summed E-state index contributed by atoms with van der Waals surface area (Å²) < 4.78 is 50.8. The average molecular weight is 2720 g/mol. The minimum Gasteiger partial charge on any atom is -0.508 e. The van der Waals surface area contributed by atoms with Gasteiger partial charge in [0.05, 0.1) is 153 Å². The van der Waals surface area contributed by atoms with Gasteiger partial charge in [0, 0.05) is 130 Å². The van der Waals surface area contributed by atoms with E-state index in [1.165, 1.54) is 59.7 Å². The fourth-order valence-corrected chi connectivity index (χ4v) is 13.5. The minimum atomic E-state index is -1.63. The largest absolute Gasteiger partial charge is 0.508 e. The number of phenolic OH excluding ortho intramolecular Hbond substituents is 1. The topological polar surface area (TPSA) is 753 Å². The van der Waals surface area contributed by atoms with Gasteiger partial charge < -0.3 is 183 Å². The van der Waals surface area contributed by atoms with Crippen LogP contribution < -0.4 is 55.9 Å². The second-order valence-corrected chi connectivity index (χ2v) is 47.1. The number of carbonyl (C=O) groups excluding carboxylic acids is 6. The van der Waals surface area contributed by atoms with Crippen molar-refractivity contribution >= 4 is 158 Å². The van der Waals surface area contributed by atoms with E-state index in [0.717, 1.165) is 19.0 Å². The summed E-state index contributed by atoms with van der Waals surface area (Å²) >= 11 is 11.5. The van der Waals surface area contributed by atoms with Crippen molar-refractivity contribution < 1.29 is 194 Å². The van der Waals surface area contributed by atoms with Gasteiger partial charge in [-0.2, -0.15) is 0 Å². The molecule has 0 radical (unpaired) electrons. The molecule has 3 saturated heterocycles. The number of amides is 1. The molecule has 0 aliphatic carbocycles. The van der Waals surface area contributed by atoms with E-state index in [4.69, 9.17) is 60.3 Å². The number of aromatic nitrogens is 2. The quantitative estimate of drug-likeness (QED) is 0.00649. The number of halogens is 7. The van der Waals surface area contributed by atoms with E-state index in [2.05, 4.69) is 107 Å². The number of hydrogen-bond acceptors (Lipinski definition) is 42. The summed E-state index contributed by atoms with van der Waals surface area (Å²) in [7, 11) is 0. The maximum atomic E-state index is 12.0. The second-order valence-electron chi connectivity index (χ2n) is 30.8. The van der Waals surface area contributed by atoms with Crippen LogP contribution in [-0.4, -0.2) is 405 Å². The summed E-state index contributed by atoms with van der Waals surface area (Å²) in [5.74, 6) is -3.68. The van der Waals surface area contributed by atoms with Crippen molar-refractivity contribution in [2.24, 2.45) is 64.5 Å². The standard InChI is InChI=1S/C27H44N2O12.C18H38N2O9.C18H34O10.C11H8N2O3.C7H6O2.CH3I.CH6N2.I3.I2.HI/c1-15(2)7-18-25(36)22(11-32)41-23(26(18)37)13-39-12-19(24(35)21(34)10-31)20(33)8-28-14-29-27(38)40-17-5-3-16(9-30)4-6-17;1-2-3-10-17(26)14(6-22)29-15(18(10)27)8-28-7-11(12(23)4-20-9-19)16(25)13(24)5-21;1-9(2)3-10-17(25)14(6-21)28-15(18(10)26)8-27-7-11(12(22)4-19)16(24)13(23)5-20;14-7-9-1-3-10(4-2-9)16-11(15)13-6-5-12-8-13;8-5-6-1-3-7(9)4-2-6;1-2;2-1-3;1-3-2;1-2;/h3-6,9,15,18-26,28,31-37H,7-8,10-14H2,1-2H3,(H,29,38);10-18,20-27H,2-9,19H2,1H3;4,9-18,20-26H,3,5-8H2,1-2H3;1-8H;1-5,9H;1H3;1-3H2;;;1H/q;;;;;;;-1;;/i;;;;;1D;;;;. The number of phenols is 1. The summed E-state index contributed by atoms with van der Waals surface area (Å²) in [4.78, 5) is 69.6. The number of aliphatic hydroxyl groups is 21. The fourth-order valence-electron chi connectivity index (χ4n) is 13.5. The second kappa shape index (κ2) is 81.2. The first kappa shape index (κ1) is 134. The molecule has 778 valence electrons. The van der Waals surface area contributed by atoms with E-state index >= 15 is 0 Å². The van der Waals surface area contributed by atoms with Gasteiger partial charge in [-0.3, -0.25) is 19.7 Å². The predicted octanol–water partition coefficient (Wildman–Crippen LogP) is -4.85. The number of nitrogens with zero attached hydrogens (tertiary/aromatic N) is 2. The Morgan fingerprint density at radius 2 is 0.866 bits per heavy atom.